The molecule has 0 aliphatic rings. The van der Waals surface area contributed by atoms with Crippen molar-refractivity contribution in [2.24, 2.45) is 11.7 Å². The molecule has 0 saturated heterocycles. The second-order valence-electron chi connectivity index (χ2n) is 7.35. The maximum atomic E-state index is 12.5. The maximum Gasteiger partial charge on any atom is 0.326 e. The van der Waals surface area contributed by atoms with Gasteiger partial charge in [-0.05, 0) is 24.8 Å². The molecule has 9 nitrogen and oxygen atoms in total. The summed E-state index contributed by atoms with van der Waals surface area (Å²) >= 11 is 0. The second kappa shape index (κ2) is 11.8. The molecule has 0 heterocycles. The van der Waals surface area contributed by atoms with Crippen molar-refractivity contribution >= 4 is 23.7 Å². The Bertz CT molecular complexity index is 706. The van der Waals surface area contributed by atoms with E-state index in [9.17, 15) is 24.3 Å². The van der Waals surface area contributed by atoms with E-state index in [0.717, 1.165) is 5.56 Å². The zero-order chi connectivity index (χ0) is 22.0. The normalized spacial score (nSPS) is 13.8. The Morgan fingerprint density at radius 1 is 0.966 bits per heavy atom. The Labute approximate surface area is 170 Å². The minimum Gasteiger partial charge on any atom is -0.480 e. The number of carbonyl (C=O) groups excluding carboxylic acids is 3. The van der Waals surface area contributed by atoms with Crippen LogP contribution in [0.4, 0.5) is 0 Å². The lowest BCUT2D eigenvalue weighted by Gasteiger charge is -2.20. The third-order valence-corrected chi connectivity index (χ3v) is 4.09. The molecular weight excluding hydrogens is 376 g/mol. The zero-order valence-electron chi connectivity index (χ0n) is 17.0. The molecular formula is C20H30N4O5. The van der Waals surface area contributed by atoms with E-state index in [1.54, 1.807) is 0 Å². The summed E-state index contributed by atoms with van der Waals surface area (Å²) in [4.78, 5) is 47.8. The smallest absolute Gasteiger partial charge is 0.326 e. The van der Waals surface area contributed by atoms with Crippen molar-refractivity contribution in [1.82, 2.24) is 16.0 Å². The summed E-state index contributed by atoms with van der Waals surface area (Å²) in [5.74, 6) is -2.73. The van der Waals surface area contributed by atoms with Crippen molar-refractivity contribution in [2.75, 3.05) is 6.54 Å². The van der Waals surface area contributed by atoms with Crippen LogP contribution in [0, 0.1) is 5.92 Å². The predicted octanol–water partition coefficient (Wildman–Crippen LogP) is -0.207. The van der Waals surface area contributed by atoms with Gasteiger partial charge in [0.25, 0.3) is 0 Å². The number of hydrogen-bond acceptors (Lipinski definition) is 5. The van der Waals surface area contributed by atoms with E-state index in [4.69, 9.17) is 5.73 Å². The van der Waals surface area contributed by atoms with Crippen molar-refractivity contribution in [3.8, 4) is 0 Å². The number of nitrogens with one attached hydrogen (secondary N) is 3. The van der Waals surface area contributed by atoms with Gasteiger partial charge in [0.2, 0.25) is 17.7 Å². The fourth-order valence-electron chi connectivity index (χ4n) is 2.59. The van der Waals surface area contributed by atoms with Crippen LogP contribution in [-0.4, -0.2) is 53.5 Å². The molecule has 3 atom stereocenters. The predicted molar refractivity (Wildman–Crippen MR) is 108 cm³/mol. The second-order valence-corrected chi connectivity index (χ2v) is 7.35. The van der Waals surface area contributed by atoms with E-state index in [2.05, 4.69) is 16.0 Å². The summed E-state index contributed by atoms with van der Waals surface area (Å²) in [5.41, 5.74) is 6.38. The standard InChI is InChI=1S/C20H30N4O5/c1-12(2)9-16(20(28)29)23-17(25)11-22-19(27)15(24-18(26)13(3)21)10-14-7-5-4-6-8-14/h4-8,12-13,15-16H,9-11,21H2,1-3H3,(H,22,27)(H,23,25)(H,24,26)(H,28,29)/t13-,15-,16-/m0/s1. The van der Waals surface area contributed by atoms with Crippen molar-refractivity contribution in [2.45, 2.75) is 51.7 Å². The van der Waals surface area contributed by atoms with E-state index in [1.807, 2.05) is 44.2 Å². The number of carboxylic acids is 1. The first kappa shape index (κ1) is 24.1. The van der Waals surface area contributed by atoms with Gasteiger partial charge < -0.3 is 26.8 Å². The lowest BCUT2D eigenvalue weighted by atomic mass is 10.0. The molecule has 160 valence electrons. The molecule has 6 N–H and O–H groups in total. The van der Waals surface area contributed by atoms with Crippen LogP contribution in [0.3, 0.4) is 0 Å². The fraction of sp³-hybridized carbons (Fsp3) is 0.500. The molecule has 0 spiro atoms. The largest absolute Gasteiger partial charge is 0.480 e. The van der Waals surface area contributed by atoms with Gasteiger partial charge >= 0.3 is 5.97 Å². The first-order chi connectivity index (χ1) is 13.6. The highest BCUT2D eigenvalue weighted by molar-refractivity contribution is 5.92. The van der Waals surface area contributed by atoms with Crippen LogP contribution in [0.15, 0.2) is 30.3 Å². The average Bonchev–Trinajstić information content (AvgIpc) is 2.65. The van der Waals surface area contributed by atoms with Crippen LogP contribution in [0.25, 0.3) is 0 Å². The summed E-state index contributed by atoms with van der Waals surface area (Å²) in [6, 6.07) is 6.34. The van der Waals surface area contributed by atoms with Crippen molar-refractivity contribution < 1.29 is 24.3 Å². The summed E-state index contributed by atoms with van der Waals surface area (Å²) in [6.45, 7) is 4.79. The van der Waals surface area contributed by atoms with Gasteiger partial charge in [-0.3, -0.25) is 14.4 Å². The fourth-order valence-corrected chi connectivity index (χ4v) is 2.59. The summed E-state index contributed by atoms with van der Waals surface area (Å²) in [5, 5.41) is 16.6. The molecule has 0 bridgehead atoms. The molecule has 0 radical (unpaired) electrons. The van der Waals surface area contributed by atoms with E-state index in [-0.39, 0.29) is 18.8 Å². The average molecular weight is 406 g/mol. The van der Waals surface area contributed by atoms with Gasteiger partial charge in [0.05, 0.1) is 12.6 Å². The van der Waals surface area contributed by atoms with Crippen LogP contribution in [0.5, 0.6) is 0 Å². The number of rotatable bonds is 11. The summed E-state index contributed by atoms with van der Waals surface area (Å²) < 4.78 is 0. The Morgan fingerprint density at radius 3 is 2.10 bits per heavy atom. The van der Waals surface area contributed by atoms with Gasteiger partial charge in [0.1, 0.15) is 12.1 Å². The van der Waals surface area contributed by atoms with E-state index in [0.29, 0.717) is 0 Å². The summed E-state index contributed by atoms with van der Waals surface area (Å²) in [6.07, 6.45) is 0.494. The highest BCUT2D eigenvalue weighted by Crippen LogP contribution is 2.05. The first-order valence-corrected chi connectivity index (χ1v) is 9.49. The van der Waals surface area contributed by atoms with Gasteiger partial charge in [0, 0.05) is 6.42 Å². The van der Waals surface area contributed by atoms with Gasteiger partial charge in [-0.25, -0.2) is 4.79 Å². The number of hydrogen-bond donors (Lipinski definition) is 5. The third kappa shape index (κ3) is 9.20. The lowest BCUT2D eigenvalue weighted by Crippen LogP contribution is -2.53. The topological polar surface area (TPSA) is 151 Å². The third-order valence-electron chi connectivity index (χ3n) is 4.09. The molecule has 3 amide bonds. The highest BCUT2D eigenvalue weighted by atomic mass is 16.4. The molecule has 29 heavy (non-hydrogen) atoms. The molecule has 1 aromatic carbocycles. The molecule has 0 saturated carbocycles. The van der Waals surface area contributed by atoms with E-state index in [1.165, 1.54) is 6.92 Å². The van der Waals surface area contributed by atoms with Gasteiger partial charge in [-0.15, -0.1) is 0 Å². The number of amides is 3. The number of nitrogens with two attached hydrogens (primary N) is 1. The molecule has 0 aliphatic heterocycles. The Kier molecular flexibility index (Phi) is 9.81. The van der Waals surface area contributed by atoms with Crippen LogP contribution >= 0.6 is 0 Å². The Hall–Kier alpha value is -2.94. The molecule has 0 aromatic heterocycles. The van der Waals surface area contributed by atoms with E-state index >= 15 is 0 Å². The van der Waals surface area contributed by atoms with Gasteiger partial charge in [-0.1, -0.05) is 44.2 Å². The monoisotopic (exact) mass is 406 g/mol. The van der Waals surface area contributed by atoms with Crippen LogP contribution < -0.4 is 21.7 Å². The van der Waals surface area contributed by atoms with Crippen LogP contribution in [0.1, 0.15) is 32.8 Å². The Morgan fingerprint density at radius 2 is 1.59 bits per heavy atom. The van der Waals surface area contributed by atoms with Crippen molar-refractivity contribution in [1.29, 1.82) is 0 Å². The number of aliphatic carboxylic acids is 1. The van der Waals surface area contributed by atoms with E-state index < -0.39 is 48.4 Å². The number of carbonyl (C=O) groups is 4. The van der Waals surface area contributed by atoms with Crippen molar-refractivity contribution in [3.63, 3.8) is 0 Å². The number of benzene rings is 1. The minimum absolute atomic E-state index is 0.0784. The van der Waals surface area contributed by atoms with Crippen molar-refractivity contribution in [3.05, 3.63) is 35.9 Å². The molecule has 0 aliphatic carbocycles. The van der Waals surface area contributed by atoms with Crippen LogP contribution in [0.2, 0.25) is 0 Å². The van der Waals surface area contributed by atoms with Gasteiger partial charge in [0.15, 0.2) is 0 Å². The Balaban J connectivity index is 2.71. The maximum absolute atomic E-state index is 12.5. The van der Waals surface area contributed by atoms with Crippen LogP contribution in [-0.2, 0) is 25.6 Å². The first-order valence-electron chi connectivity index (χ1n) is 9.49. The molecule has 0 fully saturated rings. The quantitative estimate of drug-likeness (QED) is 0.343. The molecule has 1 aromatic rings. The lowest BCUT2D eigenvalue weighted by molar-refractivity contribution is -0.142. The molecule has 0 unspecified atom stereocenters. The zero-order valence-corrected chi connectivity index (χ0v) is 17.0. The molecule has 1 rings (SSSR count). The van der Waals surface area contributed by atoms with Gasteiger partial charge in [-0.2, -0.15) is 0 Å². The highest BCUT2D eigenvalue weighted by Gasteiger charge is 2.25. The summed E-state index contributed by atoms with van der Waals surface area (Å²) in [7, 11) is 0. The number of carboxylic acid groups (broad SMARTS) is 1. The molecule has 9 heteroatoms. The SMILES string of the molecule is CC(C)C[C@H](NC(=O)CNC(=O)[C@H](Cc1ccccc1)NC(=O)[C@H](C)N)C(=O)O. The minimum atomic E-state index is -1.13.